The number of hydrogen-bond acceptors (Lipinski definition) is 2. The maximum absolute atomic E-state index is 13.2. The molecule has 16 heavy (non-hydrogen) atoms. The number of hydrogen-bond donors (Lipinski definition) is 1. The van der Waals surface area contributed by atoms with E-state index >= 15 is 0 Å². The molecule has 0 spiro atoms. The van der Waals surface area contributed by atoms with Gasteiger partial charge in [0.15, 0.2) is 11.6 Å². The van der Waals surface area contributed by atoms with Crippen LogP contribution in [0.1, 0.15) is 26.7 Å². The molecule has 0 aliphatic carbocycles. The molecule has 90 valence electrons. The second kappa shape index (κ2) is 5.85. The lowest BCUT2D eigenvalue weighted by atomic mass is 9.88. The highest BCUT2D eigenvalue weighted by atomic mass is 19.1. The number of nitrogens with two attached hydrogens (primary N) is 1. The van der Waals surface area contributed by atoms with Gasteiger partial charge in [-0.25, -0.2) is 4.39 Å². The first kappa shape index (κ1) is 13.0. The zero-order valence-electron chi connectivity index (χ0n) is 10.0. The summed E-state index contributed by atoms with van der Waals surface area (Å²) < 4.78 is 18.5. The van der Waals surface area contributed by atoms with Crippen molar-refractivity contribution in [3.63, 3.8) is 0 Å². The quantitative estimate of drug-likeness (QED) is 0.755. The van der Waals surface area contributed by atoms with E-state index in [0.29, 0.717) is 18.9 Å². The second-order valence-electron chi connectivity index (χ2n) is 4.75. The molecule has 0 fully saturated rings. The van der Waals surface area contributed by atoms with Gasteiger partial charge in [-0.05, 0) is 36.9 Å². The van der Waals surface area contributed by atoms with Crippen LogP contribution in [-0.2, 0) is 0 Å². The first-order chi connectivity index (χ1) is 7.55. The van der Waals surface area contributed by atoms with E-state index in [9.17, 15) is 4.39 Å². The van der Waals surface area contributed by atoms with Gasteiger partial charge in [-0.3, -0.25) is 0 Å². The van der Waals surface area contributed by atoms with Crippen LogP contribution in [0.2, 0.25) is 0 Å². The van der Waals surface area contributed by atoms with Crippen molar-refractivity contribution in [1.29, 1.82) is 0 Å². The van der Waals surface area contributed by atoms with E-state index in [0.717, 1.165) is 12.8 Å². The molecule has 3 heteroatoms. The summed E-state index contributed by atoms with van der Waals surface area (Å²) in [6.07, 6.45) is 1.87. The third-order valence-corrected chi connectivity index (χ3v) is 2.64. The van der Waals surface area contributed by atoms with Crippen LogP contribution in [0.25, 0.3) is 0 Å². The van der Waals surface area contributed by atoms with Gasteiger partial charge in [-0.15, -0.1) is 0 Å². The molecule has 1 aromatic carbocycles. The van der Waals surface area contributed by atoms with Gasteiger partial charge < -0.3 is 10.5 Å². The van der Waals surface area contributed by atoms with Gasteiger partial charge in [-0.2, -0.15) is 0 Å². The summed E-state index contributed by atoms with van der Waals surface area (Å²) in [5.41, 5.74) is 5.76. The summed E-state index contributed by atoms with van der Waals surface area (Å²) in [6, 6.07) is 6.46. The lowest BCUT2D eigenvalue weighted by Gasteiger charge is -2.21. The Labute approximate surface area is 96.6 Å². The number of ether oxygens (including phenoxy) is 1. The largest absolute Gasteiger partial charge is 0.491 e. The van der Waals surface area contributed by atoms with Crippen LogP contribution in [0, 0.1) is 11.2 Å². The van der Waals surface area contributed by atoms with E-state index in [1.54, 1.807) is 18.2 Å². The Kier molecular flexibility index (Phi) is 4.74. The van der Waals surface area contributed by atoms with Gasteiger partial charge in [0.25, 0.3) is 0 Å². The van der Waals surface area contributed by atoms with Gasteiger partial charge >= 0.3 is 0 Å². The Hall–Kier alpha value is -1.09. The second-order valence-corrected chi connectivity index (χ2v) is 4.75. The molecule has 0 heterocycles. The summed E-state index contributed by atoms with van der Waals surface area (Å²) >= 11 is 0. The van der Waals surface area contributed by atoms with Crippen LogP contribution in [0.3, 0.4) is 0 Å². The third kappa shape index (κ3) is 4.19. The molecule has 0 atom stereocenters. The zero-order chi connectivity index (χ0) is 12.0. The van der Waals surface area contributed by atoms with Crippen molar-refractivity contribution >= 4 is 0 Å². The van der Waals surface area contributed by atoms with E-state index in [1.807, 2.05) is 0 Å². The monoisotopic (exact) mass is 225 g/mol. The van der Waals surface area contributed by atoms with Crippen molar-refractivity contribution in [2.75, 3.05) is 13.2 Å². The van der Waals surface area contributed by atoms with Gasteiger partial charge in [0.05, 0.1) is 6.61 Å². The average Bonchev–Trinajstić information content (AvgIpc) is 2.27. The van der Waals surface area contributed by atoms with Crippen LogP contribution in [0.4, 0.5) is 4.39 Å². The van der Waals surface area contributed by atoms with E-state index in [4.69, 9.17) is 10.5 Å². The summed E-state index contributed by atoms with van der Waals surface area (Å²) in [5.74, 6) is 0.0219. The van der Waals surface area contributed by atoms with Crippen molar-refractivity contribution in [3.05, 3.63) is 30.1 Å². The van der Waals surface area contributed by atoms with Crippen molar-refractivity contribution < 1.29 is 9.13 Å². The fraction of sp³-hybridized carbons (Fsp3) is 0.538. The molecule has 1 aromatic rings. The van der Waals surface area contributed by atoms with E-state index in [2.05, 4.69) is 13.8 Å². The minimum atomic E-state index is -0.305. The number of rotatable bonds is 6. The molecular weight excluding hydrogens is 205 g/mol. The predicted octanol–water partition coefficient (Wildman–Crippen LogP) is 2.97. The van der Waals surface area contributed by atoms with E-state index in [1.165, 1.54) is 6.07 Å². The first-order valence-electron chi connectivity index (χ1n) is 5.62. The molecule has 2 nitrogen and oxygen atoms in total. The van der Waals surface area contributed by atoms with Gasteiger partial charge in [-0.1, -0.05) is 26.0 Å². The predicted molar refractivity (Wildman–Crippen MR) is 64.0 cm³/mol. The smallest absolute Gasteiger partial charge is 0.165 e. The first-order valence-corrected chi connectivity index (χ1v) is 5.62. The Balaban J connectivity index is 2.29. The van der Waals surface area contributed by atoms with Gasteiger partial charge in [0, 0.05) is 0 Å². The van der Waals surface area contributed by atoms with Crippen molar-refractivity contribution in [1.82, 2.24) is 0 Å². The molecular formula is C13H20FNO. The molecule has 0 amide bonds. The summed E-state index contributed by atoms with van der Waals surface area (Å²) in [5, 5.41) is 0. The molecule has 0 bridgehead atoms. The molecule has 1 rings (SSSR count). The molecule has 0 radical (unpaired) electrons. The normalized spacial score (nSPS) is 11.5. The molecule has 0 saturated heterocycles. The molecule has 0 saturated carbocycles. The minimum absolute atomic E-state index is 0.137. The van der Waals surface area contributed by atoms with E-state index in [-0.39, 0.29) is 11.2 Å². The molecule has 0 unspecified atom stereocenters. The van der Waals surface area contributed by atoms with Crippen molar-refractivity contribution in [2.24, 2.45) is 11.1 Å². The number of benzene rings is 1. The molecule has 0 aromatic heterocycles. The molecule has 0 aliphatic heterocycles. The SMILES string of the molecule is CC(C)(CN)CCCOc1ccccc1F. The zero-order valence-corrected chi connectivity index (χ0v) is 10.0. The Morgan fingerprint density at radius 1 is 1.31 bits per heavy atom. The van der Waals surface area contributed by atoms with Crippen molar-refractivity contribution in [3.8, 4) is 5.75 Å². The fourth-order valence-electron chi connectivity index (χ4n) is 1.40. The van der Waals surface area contributed by atoms with Gasteiger partial charge in [0.2, 0.25) is 0 Å². The van der Waals surface area contributed by atoms with Crippen molar-refractivity contribution in [2.45, 2.75) is 26.7 Å². The van der Waals surface area contributed by atoms with Crippen LogP contribution in [0.15, 0.2) is 24.3 Å². The Morgan fingerprint density at radius 3 is 2.62 bits per heavy atom. The van der Waals surface area contributed by atoms with Crippen LogP contribution >= 0.6 is 0 Å². The summed E-state index contributed by atoms with van der Waals surface area (Å²) in [6.45, 7) is 5.43. The van der Waals surface area contributed by atoms with Gasteiger partial charge in [0.1, 0.15) is 0 Å². The van der Waals surface area contributed by atoms with Crippen LogP contribution in [0.5, 0.6) is 5.75 Å². The van der Waals surface area contributed by atoms with E-state index < -0.39 is 0 Å². The lowest BCUT2D eigenvalue weighted by molar-refractivity contribution is 0.253. The Morgan fingerprint density at radius 2 is 2.00 bits per heavy atom. The van der Waals surface area contributed by atoms with Crippen LogP contribution in [-0.4, -0.2) is 13.2 Å². The highest BCUT2D eigenvalue weighted by Gasteiger charge is 2.14. The number of para-hydroxylation sites is 1. The van der Waals surface area contributed by atoms with Crippen LogP contribution < -0.4 is 10.5 Å². The minimum Gasteiger partial charge on any atom is -0.491 e. The highest BCUT2D eigenvalue weighted by Crippen LogP contribution is 2.21. The number of halogens is 1. The topological polar surface area (TPSA) is 35.2 Å². The fourth-order valence-corrected chi connectivity index (χ4v) is 1.40. The summed E-state index contributed by atoms with van der Waals surface area (Å²) in [7, 11) is 0. The highest BCUT2D eigenvalue weighted by molar-refractivity contribution is 5.23. The third-order valence-electron chi connectivity index (χ3n) is 2.64. The standard InChI is InChI=1S/C13H20FNO/c1-13(2,10-15)8-5-9-16-12-7-4-3-6-11(12)14/h3-4,6-7H,5,8-10,15H2,1-2H3. The maximum Gasteiger partial charge on any atom is 0.165 e. The molecule has 2 N–H and O–H groups in total. The summed E-state index contributed by atoms with van der Waals surface area (Å²) in [4.78, 5) is 0. The maximum atomic E-state index is 13.2. The lowest BCUT2D eigenvalue weighted by Crippen LogP contribution is -2.24. The average molecular weight is 225 g/mol. The molecule has 0 aliphatic rings. The Bertz CT molecular complexity index is 325.